The van der Waals surface area contributed by atoms with Crippen molar-refractivity contribution in [1.29, 1.82) is 0 Å². The van der Waals surface area contributed by atoms with Crippen LogP contribution in [0.3, 0.4) is 0 Å². The number of hydrogen-bond acceptors (Lipinski definition) is 2. The number of aromatic hydroxyl groups is 2. The molecule has 0 aliphatic rings. The highest BCUT2D eigenvalue weighted by atomic mass is 16.3. The molecule has 0 aliphatic heterocycles. The summed E-state index contributed by atoms with van der Waals surface area (Å²) in [6.45, 7) is 3.78. The summed E-state index contributed by atoms with van der Waals surface area (Å²) >= 11 is 0. The van der Waals surface area contributed by atoms with E-state index in [1.54, 1.807) is 12.1 Å². The molecule has 2 N–H and O–H groups in total. The van der Waals surface area contributed by atoms with E-state index in [4.69, 9.17) is 0 Å². The van der Waals surface area contributed by atoms with Crippen LogP contribution in [0.5, 0.6) is 11.5 Å². The van der Waals surface area contributed by atoms with Crippen molar-refractivity contribution in [3.63, 3.8) is 0 Å². The summed E-state index contributed by atoms with van der Waals surface area (Å²) in [5.74, 6) is 0.659. The van der Waals surface area contributed by atoms with Crippen molar-refractivity contribution in [3.05, 3.63) is 58.7 Å². The largest absolute Gasteiger partial charge is 0.508 e. The third kappa shape index (κ3) is 2.59. The highest BCUT2D eigenvalue weighted by molar-refractivity contribution is 5.40. The molecule has 2 aromatic rings. The van der Waals surface area contributed by atoms with Crippen LogP contribution < -0.4 is 0 Å². The predicted molar refractivity (Wildman–Crippen MR) is 68.5 cm³/mol. The summed E-state index contributed by atoms with van der Waals surface area (Å²) in [4.78, 5) is 0. The fraction of sp³-hybridized carbons (Fsp3) is 0.200. The molecule has 0 aromatic heterocycles. The molecule has 0 saturated carbocycles. The van der Waals surface area contributed by atoms with Crippen LogP contribution in [0, 0.1) is 13.8 Å². The van der Waals surface area contributed by atoms with Gasteiger partial charge in [-0.05, 0) is 54.7 Å². The van der Waals surface area contributed by atoms with Gasteiger partial charge in [-0.15, -0.1) is 0 Å². The highest BCUT2D eigenvalue weighted by Crippen LogP contribution is 2.22. The Morgan fingerprint density at radius 2 is 1.18 bits per heavy atom. The van der Waals surface area contributed by atoms with Crippen molar-refractivity contribution in [3.8, 4) is 11.5 Å². The lowest BCUT2D eigenvalue weighted by atomic mass is 10.0. The minimum Gasteiger partial charge on any atom is -0.508 e. The summed E-state index contributed by atoms with van der Waals surface area (Å²) in [5.41, 5.74) is 4.09. The summed E-state index contributed by atoms with van der Waals surface area (Å²) < 4.78 is 0. The number of phenols is 2. The van der Waals surface area contributed by atoms with Gasteiger partial charge in [0.15, 0.2) is 0 Å². The topological polar surface area (TPSA) is 40.5 Å². The Bertz CT molecular complexity index is 495. The van der Waals surface area contributed by atoms with Crippen LogP contribution in [0.25, 0.3) is 0 Å². The molecule has 0 fully saturated rings. The van der Waals surface area contributed by atoms with Gasteiger partial charge in [0.1, 0.15) is 11.5 Å². The molecule has 2 heteroatoms. The average Bonchev–Trinajstić information content (AvgIpc) is 2.29. The maximum Gasteiger partial charge on any atom is 0.118 e. The lowest BCUT2D eigenvalue weighted by molar-refractivity contribution is 0.470. The molecule has 88 valence electrons. The molecule has 0 saturated heterocycles. The van der Waals surface area contributed by atoms with E-state index in [1.807, 2.05) is 38.1 Å². The maximum absolute atomic E-state index is 9.46. The van der Waals surface area contributed by atoms with Gasteiger partial charge in [0.05, 0.1) is 0 Å². The van der Waals surface area contributed by atoms with Gasteiger partial charge in [0.25, 0.3) is 0 Å². The van der Waals surface area contributed by atoms with E-state index < -0.39 is 0 Å². The van der Waals surface area contributed by atoms with Gasteiger partial charge in [-0.25, -0.2) is 0 Å². The Balaban J connectivity index is 2.25. The Morgan fingerprint density at radius 1 is 0.765 bits per heavy atom. The van der Waals surface area contributed by atoms with E-state index in [-0.39, 0.29) is 0 Å². The SMILES string of the molecule is Cc1cc(Cc2ccc(O)c(C)c2)ccc1O. The van der Waals surface area contributed by atoms with Gasteiger partial charge in [-0.2, -0.15) is 0 Å². The molecular weight excluding hydrogens is 212 g/mol. The smallest absolute Gasteiger partial charge is 0.118 e. The van der Waals surface area contributed by atoms with Crippen LogP contribution in [0.4, 0.5) is 0 Å². The second-order valence-electron chi connectivity index (χ2n) is 4.42. The summed E-state index contributed by atoms with van der Waals surface area (Å²) in [5, 5.41) is 18.9. The molecule has 2 nitrogen and oxygen atoms in total. The summed E-state index contributed by atoms with van der Waals surface area (Å²) in [6.07, 6.45) is 0.808. The standard InChI is InChI=1S/C15H16O2/c1-10-7-12(3-5-14(10)16)9-13-4-6-15(17)11(2)8-13/h3-8,16-17H,9H2,1-2H3. The van der Waals surface area contributed by atoms with Gasteiger partial charge < -0.3 is 10.2 Å². The molecule has 0 amide bonds. The lowest BCUT2D eigenvalue weighted by Crippen LogP contribution is -1.90. The molecule has 17 heavy (non-hydrogen) atoms. The Labute approximate surface area is 101 Å². The number of benzene rings is 2. The fourth-order valence-electron chi connectivity index (χ4n) is 1.89. The van der Waals surface area contributed by atoms with Crippen molar-refractivity contribution >= 4 is 0 Å². The number of hydrogen-bond donors (Lipinski definition) is 2. The first-order chi connectivity index (χ1) is 8.06. The van der Waals surface area contributed by atoms with E-state index in [1.165, 1.54) is 0 Å². The first kappa shape index (κ1) is 11.5. The Morgan fingerprint density at radius 3 is 1.53 bits per heavy atom. The predicted octanol–water partition coefficient (Wildman–Crippen LogP) is 3.31. The van der Waals surface area contributed by atoms with Crippen molar-refractivity contribution < 1.29 is 10.2 Å². The van der Waals surface area contributed by atoms with Crippen LogP contribution in [0.1, 0.15) is 22.3 Å². The number of aryl methyl sites for hydroxylation is 2. The number of rotatable bonds is 2. The van der Waals surface area contributed by atoms with Crippen LogP contribution in [0.15, 0.2) is 36.4 Å². The van der Waals surface area contributed by atoms with Crippen molar-refractivity contribution in [2.75, 3.05) is 0 Å². The van der Waals surface area contributed by atoms with E-state index >= 15 is 0 Å². The van der Waals surface area contributed by atoms with Crippen molar-refractivity contribution in [2.45, 2.75) is 20.3 Å². The Kier molecular flexibility index (Phi) is 3.05. The quantitative estimate of drug-likeness (QED) is 0.828. The minimum atomic E-state index is 0.329. The average molecular weight is 228 g/mol. The molecule has 2 aromatic carbocycles. The zero-order valence-electron chi connectivity index (χ0n) is 10.1. The molecular formula is C15H16O2. The van der Waals surface area contributed by atoms with E-state index in [2.05, 4.69) is 0 Å². The molecule has 0 atom stereocenters. The maximum atomic E-state index is 9.46. The summed E-state index contributed by atoms with van der Waals surface area (Å²) in [6, 6.07) is 11.2. The highest BCUT2D eigenvalue weighted by Gasteiger charge is 2.02. The second-order valence-corrected chi connectivity index (χ2v) is 4.42. The van der Waals surface area contributed by atoms with Gasteiger partial charge >= 0.3 is 0 Å². The normalized spacial score (nSPS) is 10.5. The van der Waals surface area contributed by atoms with Gasteiger partial charge in [0.2, 0.25) is 0 Å². The number of phenolic OH excluding ortho intramolecular Hbond substituents is 2. The molecule has 0 heterocycles. The third-order valence-electron chi connectivity index (χ3n) is 2.93. The van der Waals surface area contributed by atoms with Gasteiger partial charge in [0, 0.05) is 0 Å². The van der Waals surface area contributed by atoms with Crippen LogP contribution in [-0.2, 0) is 6.42 Å². The molecule has 0 bridgehead atoms. The second kappa shape index (κ2) is 4.50. The molecule has 2 rings (SSSR count). The van der Waals surface area contributed by atoms with Crippen molar-refractivity contribution in [2.24, 2.45) is 0 Å². The minimum absolute atomic E-state index is 0.329. The van der Waals surface area contributed by atoms with E-state index in [0.29, 0.717) is 11.5 Å². The van der Waals surface area contributed by atoms with E-state index in [9.17, 15) is 10.2 Å². The fourth-order valence-corrected chi connectivity index (χ4v) is 1.89. The lowest BCUT2D eigenvalue weighted by Gasteiger charge is -2.06. The van der Waals surface area contributed by atoms with Crippen LogP contribution >= 0.6 is 0 Å². The molecule has 0 radical (unpaired) electrons. The van der Waals surface area contributed by atoms with Crippen LogP contribution in [0.2, 0.25) is 0 Å². The first-order valence-electron chi connectivity index (χ1n) is 5.63. The molecule has 0 spiro atoms. The molecule has 0 aliphatic carbocycles. The monoisotopic (exact) mass is 228 g/mol. The zero-order valence-corrected chi connectivity index (χ0v) is 10.1. The first-order valence-corrected chi connectivity index (χ1v) is 5.63. The van der Waals surface area contributed by atoms with Gasteiger partial charge in [-0.1, -0.05) is 24.3 Å². The van der Waals surface area contributed by atoms with Crippen molar-refractivity contribution in [1.82, 2.24) is 0 Å². The van der Waals surface area contributed by atoms with E-state index in [0.717, 1.165) is 28.7 Å². The third-order valence-corrected chi connectivity index (χ3v) is 2.93. The van der Waals surface area contributed by atoms with Gasteiger partial charge in [-0.3, -0.25) is 0 Å². The zero-order chi connectivity index (χ0) is 12.4. The molecule has 0 unspecified atom stereocenters. The Hall–Kier alpha value is -1.96. The summed E-state index contributed by atoms with van der Waals surface area (Å²) in [7, 11) is 0. The van der Waals surface area contributed by atoms with Crippen LogP contribution in [-0.4, -0.2) is 10.2 Å².